The Balaban J connectivity index is 1.61. The number of hydrogen-bond donors (Lipinski definition) is 1. The summed E-state index contributed by atoms with van der Waals surface area (Å²) in [5, 5.41) is 5.50. The molecule has 4 heteroatoms. The maximum atomic E-state index is 11.9. The van der Waals surface area contributed by atoms with E-state index in [1.165, 1.54) is 29.2 Å². The van der Waals surface area contributed by atoms with Crippen molar-refractivity contribution in [1.82, 2.24) is 10.2 Å². The Bertz CT molecular complexity index is 677. The van der Waals surface area contributed by atoms with E-state index in [1.54, 1.807) is 7.11 Å². The van der Waals surface area contributed by atoms with E-state index in [9.17, 15) is 4.79 Å². The number of amides is 1. The van der Waals surface area contributed by atoms with Gasteiger partial charge in [-0.3, -0.25) is 9.69 Å². The molecule has 1 aliphatic rings. The second-order valence-corrected chi connectivity index (χ2v) is 6.43. The van der Waals surface area contributed by atoms with Gasteiger partial charge >= 0.3 is 0 Å². The van der Waals surface area contributed by atoms with Crippen LogP contribution in [0.25, 0.3) is 10.8 Å². The first-order valence-electron chi connectivity index (χ1n) is 8.74. The summed E-state index contributed by atoms with van der Waals surface area (Å²) in [5.74, 6) is 0.107. The van der Waals surface area contributed by atoms with Gasteiger partial charge in [-0.15, -0.1) is 0 Å². The molecule has 1 amide bonds. The minimum Gasteiger partial charge on any atom is -0.383 e. The molecule has 1 saturated carbocycles. The van der Waals surface area contributed by atoms with Crippen molar-refractivity contribution in [2.24, 2.45) is 0 Å². The normalized spacial score (nSPS) is 14.2. The smallest absolute Gasteiger partial charge is 0.221 e. The molecule has 1 N–H and O–H groups in total. The summed E-state index contributed by atoms with van der Waals surface area (Å²) in [5.41, 5.74) is 1.35. The van der Waals surface area contributed by atoms with Gasteiger partial charge in [-0.2, -0.15) is 0 Å². The van der Waals surface area contributed by atoms with Crippen molar-refractivity contribution in [3.63, 3.8) is 0 Å². The third-order valence-electron chi connectivity index (χ3n) is 4.57. The Kier molecular flexibility index (Phi) is 5.83. The van der Waals surface area contributed by atoms with Crippen LogP contribution < -0.4 is 5.32 Å². The molecule has 0 aliphatic heterocycles. The van der Waals surface area contributed by atoms with Crippen LogP contribution in [0, 0.1) is 0 Å². The van der Waals surface area contributed by atoms with Crippen molar-refractivity contribution in [2.75, 3.05) is 26.8 Å². The maximum Gasteiger partial charge on any atom is 0.221 e. The SMILES string of the molecule is COCCNC(=O)CCN(Cc1cccc2ccccc12)C1CC1. The van der Waals surface area contributed by atoms with E-state index in [1.807, 2.05) is 0 Å². The quantitative estimate of drug-likeness (QED) is 0.720. The van der Waals surface area contributed by atoms with Crippen LogP contribution in [-0.2, 0) is 16.1 Å². The van der Waals surface area contributed by atoms with E-state index >= 15 is 0 Å². The minimum atomic E-state index is 0.107. The van der Waals surface area contributed by atoms with Crippen LogP contribution in [0.1, 0.15) is 24.8 Å². The number of nitrogens with one attached hydrogen (secondary N) is 1. The van der Waals surface area contributed by atoms with E-state index in [2.05, 4.69) is 52.7 Å². The zero-order chi connectivity index (χ0) is 16.8. The van der Waals surface area contributed by atoms with E-state index in [-0.39, 0.29) is 5.91 Å². The van der Waals surface area contributed by atoms with Gasteiger partial charge in [0.1, 0.15) is 0 Å². The van der Waals surface area contributed by atoms with Gasteiger partial charge in [0.15, 0.2) is 0 Å². The van der Waals surface area contributed by atoms with Crippen LogP contribution in [0.2, 0.25) is 0 Å². The van der Waals surface area contributed by atoms with Crippen molar-refractivity contribution >= 4 is 16.7 Å². The summed E-state index contributed by atoms with van der Waals surface area (Å²) < 4.78 is 4.96. The fourth-order valence-corrected chi connectivity index (χ4v) is 3.11. The van der Waals surface area contributed by atoms with Crippen LogP contribution >= 0.6 is 0 Å². The lowest BCUT2D eigenvalue weighted by molar-refractivity contribution is -0.121. The van der Waals surface area contributed by atoms with Crippen LogP contribution in [0.4, 0.5) is 0 Å². The largest absolute Gasteiger partial charge is 0.383 e. The number of benzene rings is 2. The number of nitrogens with zero attached hydrogens (tertiary/aromatic N) is 1. The van der Waals surface area contributed by atoms with Gasteiger partial charge in [0.05, 0.1) is 6.61 Å². The van der Waals surface area contributed by atoms with Gasteiger partial charge in [0, 0.05) is 39.2 Å². The highest BCUT2D eigenvalue weighted by Crippen LogP contribution is 2.30. The molecule has 0 unspecified atom stereocenters. The zero-order valence-electron chi connectivity index (χ0n) is 14.3. The Labute approximate surface area is 143 Å². The first-order chi connectivity index (χ1) is 11.8. The van der Waals surface area contributed by atoms with Crippen LogP contribution in [0.15, 0.2) is 42.5 Å². The van der Waals surface area contributed by atoms with Crippen molar-refractivity contribution < 1.29 is 9.53 Å². The highest BCUT2D eigenvalue weighted by Gasteiger charge is 2.29. The Morgan fingerprint density at radius 3 is 2.79 bits per heavy atom. The predicted molar refractivity (Wildman–Crippen MR) is 96.9 cm³/mol. The second-order valence-electron chi connectivity index (χ2n) is 6.43. The lowest BCUT2D eigenvalue weighted by atomic mass is 10.0. The van der Waals surface area contributed by atoms with Gasteiger partial charge in [-0.1, -0.05) is 42.5 Å². The van der Waals surface area contributed by atoms with Crippen LogP contribution in [0.3, 0.4) is 0 Å². The van der Waals surface area contributed by atoms with Crippen molar-refractivity contribution in [1.29, 1.82) is 0 Å². The summed E-state index contributed by atoms with van der Waals surface area (Å²) in [4.78, 5) is 14.4. The highest BCUT2D eigenvalue weighted by molar-refractivity contribution is 5.85. The zero-order valence-corrected chi connectivity index (χ0v) is 14.3. The summed E-state index contributed by atoms with van der Waals surface area (Å²) in [7, 11) is 1.64. The molecular weight excluding hydrogens is 300 g/mol. The fraction of sp³-hybridized carbons (Fsp3) is 0.450. The minimum absolute atomic E-state index is 0.107. The highest BCUT2D eigenvalue weighted by atomic mass is 16.5. The number of fused-ring (bicyclic) bond motifs is 1. The fourth-order valence-electron chi connectivity index (χ4n) is 3.11. The molecule has 1 fully saturated rings. The molecule has 0 spiro atoms. The number of carbonyl (C=O) groups excluding carboxylic acids is 1. The topological polar surface area (TPSA) is 41.6 Å². The predicted octanol–water partition coefficient (Wildman–Crippen LogP) is 2.96. The second kappa shape index (κ2) is 8.27. The summed E-state index contributed by atoms with van der Waals surface area (Å²) in [6.45, 7) is 2.88. The standard InChI is InChI=1S/C20H26N2O2/c1-24-14-12-21-20(23)11-13-22(18-9-10-18)15-17-7-4-6-16-5-2-3-8-19(16)17/h2-8,18H,9-15H2,1H3,(H,21,23). The third-order valence-corrected chi connectivity index (χ3v) is 4.57. The summed E-state index contributed by atoms with van der Waals surface area (Å²) >= 11 is 0. The number of hydrogen-bond acceptors (Lipinski definition) is 3. The molecule has 3 rings (SSSR count). The lowest BCUT2D eigenvalue weighted by Gasteiger charge is -2.22. The Morgan fingerprint density at radius 2 is 2.00 bits per heavy atom. The van der Waals surface area contributed by atoms with E-state index in [0.29, 0.717) is 25.6 Å². The monoisotopic (exact) mass is 326 g/mol. The molecule has 2 aromatic rings. The maximum absolute atomic E-state index is 11.9. The number of carbonyl (C=O) groups is 1. The molecule has 0 atom stereocenters. The van der Waals surface area contributed by atoms with Gasteiger partial charge in [-0.25, -0.2) is 0 Å². The first kappa shape index (κ1) is 16.9. The number of methoxy groups -OCH3 is 1. The van der Waals surface area contributed by atoms with Gasteiger partial charge < -0.3 is 10.1 Å². The average Bonchev–Trinajstić information content (AvgIpc) is 3.44. The average molecular weight is 326 g/mol. The molecule has 0 bridgehead atoms. The van der Waals surface area contributed by atoms with Crippen molar-refractivity contribution in [3.8, 4) is 0 Å². The molecule has 2 aromatic carbocycles. The summed E-state index contributed by atoms with van der Waals surface area (Å²) in [6, 6.07) is 15.6. The van der Waals surface area contributed by atoms with Crippen molar-refractivity contribution in [3.05, 3.63) is 48.0 Å². The van der Waals surface area contributed by atoms with Crippen molar-refractivity contribution in [2.45, 2.75) is 31.8 Å². The molecule has 24 heavy (non-hydrogen) atoms. The molecule has 128 valence electrons. The van der Waals surface area contributed by atoms with E-state index in [4.69, 9.17) is 4.74 Å². The Morgan fingerprint density at radius 1 is 1.21 bits per heavy atom. The molecule has 1 aliphatic carbocycles. The molecule has 0 aromatic heterocycles. The van der Waals surface area contributed by atoms with E-state index < -0.39 is 0 Å². The molecule has 0 radical (unpaired) electrons. The first-order valence-corrected chi connectivity index (χ1v) is 8.74. The third kappa shape index (κ3) is 4.56. The van der Waals surface area contributed by atoms with Crippen LogP contribution in [0.5, 0.6) is 0 Å². The molecule has 0 saturated heterocycles. The van der Waals surface area contributed by atoms with Crippen LogP contribution in [-0.4, -0.2) is 43.7 Å². The molecular formula is C20H26N2O2. The van der Waals surface area contributed by atoms with Gasteiger partial charge in [-0.05, 0) is 29.2 Å². The number of ether oxygens (including phenoxy) is 1. The summed E-state index contributed by atoms with van der Waals surface area (Å²) in [6.07, 6.45) is 3.04. The molecule has 4 nitrogen and oxygen atoms in total. The van der Waals surface area contributed by atoms with E-state index in [0.717, 1.165) is 13.1 Å². The lowest BCUT2D eigenvalue weighted by Crippen LogP contribution is -2.33. The Hall–Kier alpha value is -1.91. The van der Waals surface area contributed by atoms with Gasteiger partial charge in [0.2, 0.25) is 5.91 Å². The number of rotatable bonds is 9. The van der Waals surface area contributed by atoms with Gasteiger partial charge in [0.25, 0.3) is 0 Å². The molecule has 0 heterocycles.